The zero-order chi connectivity index (χ0) is 13.0. The Labute approximate surface area is 113 Å². The molecule has 1 unspecified atom stereocenters. The smallest absolute Gasteiger partial charge is 0.0625 e. The maximum absolute atomic E-state index is 4.63. The third kappa shape index (κ3) is 2.82. The van der Waals surface area contributed by atoms with Crippen molar-refractivity contribution in [3.8, 4) is 0 Å². The number of thiophene rings is 1. The number of likely N-dealkylation sites (N-methyl/N-ethyl adjacent to an activating group) is 1. The molecule has 2 heterocycles. The molecular formula is C14H21N3S. The van der Waals surface area contributed by atoms with Crippen molar-refractivity contribution in [1.29, 1.82) is 0 Å². The zero-order valence-electron chi connectivity index (χ0n) is 11.3. The molecule has 2 aromatic heterocycles. The molecular weight excluding hydrogens is 242 g/mol. The predicted molar refractivity (Wildman–Crippen MR) is 77.1 cm³/mol. The summed E-state index contributed by atoms with van der Waals surface area (Å²) in [6, 6.07) is 6.89. The highest BCUT2D eigenvalue weighted by Gasteiger charge is 2.16. The first-order valence-electron chi connectivity index (χ1n) is 6.54. The van der Waals surface area contributed by atoms with E-state index < -0.39 is 0 Å². The third-order valence-electron chi connectivity index (χ3n) is 3.21. The van der Waals surface area contributed by atoms with Crippen molar-refractivity contribution in [3.63, 3.8) is 0 Å². The number of hydrogen-bond donors (Lipinski definition) is 1. The van der Waals surface area contributed by atoms with Crippen LogP contribution in [0.1, 0.15) is 36.2 Å². The number of rotatable bonds is 6. The first-order valence-corrected chi connectivity index (χ1v) is 7.42. The average Bonchev–Trinajstić information content (AvgIpc) is 3.04. The molecule has 0 aliphatic carbocycles. The van der Waals surface area contributed by atoms with E-state index in [1.807, 2.05) is 18.4 Å². The van der Waals surface area contributed by atoms with E-state index in [0.29, 0.717) is 6.04 Å². The number of nitrogens with zero attached hydrogens (tertiary/aromatic N) is 2. The van der Waals surface area contributed by atoms with Crippen LogP contribution in [-0.2, 0) is 19.4 Å². The van der Waals surface area contributed by atoms with Gasteiger partial charge in [0.15, 0.2) is 0 Å². The van der Waals surface area contributed by atoms with Gasteiger partial charge in [0, 0.05) is 17.8 Å². The lowest BCUT2D eigenvalue weighted by atomic mass is 10.1. The molecule has 0 aliphatic rings. The molecule has 0 aliphatic heterocycles. The number of aryl methyl sites for hydroxylation is 2. The van der Waals surface area contributed by atoms with Crippen molar-refractivity contribution in [2.75, 3.05) is 7.05 Å². The van der Waals surface area contributed by atoms with Crippen LogP contribution in [0.4, 0.5) is 0 Å². The molecule has 0 radical (unpaired) electrons. The molecule has 0 saturated carbocycles. The van der Waals surface area contributed by atoms with Crippen LogP contribution in [0.2, 0.25) is 0 Å². The summed E-state index contributed by atoms with van der Waals surface area (Å²) in [5, 5.41) is 10.2. The van der Waals surface area contributed by atoms with Crippen LogP contribution in [0.15, 0.2) is 23.6 Å². The fourth-order valence-electron chi connectivity index (χ4n) is 2.18. The summed E-state index contributed by atoms with van der Waals surface area (Å²) in [5.74, 6) is 0. The number of nitrogens with one attached hydrogen (secondary N) is 1. The minimum Gasteiger partial charge on any atom is -0.311 e. The fraction of sp³-hybridized carbons (Fsp3) is 0.500. The molecule has 0 amide bonds. The van der Waals surface area contributed by atoms with Crippen molar-refractivity contribution in [1.82, 2.24) is 15.1 Å². The standard InChI is InChI=1S/C14H21N3S/c1-4-11-9-14(17(5-2)16-11)13(15-3)10-12-7-6-8-18-12/h6-9,13,15H,4-5,10H2,1-3H3. The Morgan fingerprint density at radius 2 is 2.28 bits per heavy atom. The van der Waals surface area contributed by atoms with Crippen LogP contribution < -0.4 is 5.32 Å². The maximum atomic E-state index is 4.63. The van der Waals surface area contributed by atoms with Gasteiger partial charge in [0.05, 0.1) is 17.4 Å². The highest BCUT2D eigenvalue weighted by atomic mass is 32.1. The van der Waals surface area contributed by atoms with Gasteiger partial charge < -0.3 is 5.32 Å². The van der Waals surface area contributed by atoms with Gasteiger partial charge in [0.25, 0.3) is 0 Å². The maximum Gasteiger partial charge on any atom is 0.0625 e. The van der Waals surface area contributed by atoms with E-state index in [9.17, 15) is 0 Å². The Morgan fingerprint density at radius 3 is 2.83 bits per heavy atom. The average molecular weight is 263 g/mol. The lowest BCUT2D eigenvalue weighted by Crippen LogP contribution is -2.22. The van der Waals surface area contributed by atoms with E-state index in [-0.39, 0.29) is 0 Å². The largest absolute Gasteiger partial charge is 0.311 e. The second kappa shape index (κ2) is 6.16. The van der Waals surface area contributed by atoms with Crippen molar-refractivity contribution in [2.24, 2.45) is 0 Å². The first-order chi connectivity index (χ1) is 8.78. The van der Waals surface area contributed by atoms with E-state index in [0.717, 1.165) is 19.4 Å². The zero-order valence-corrected chi connectivity index (χ0v) is 12.1. The van der Waals surface area contributed by atoms with E-state index in [1.165, 1.54) is 16.3 Å². The molecule has 3 nitrogen and oxygen atoms in total. The second-order valence-corrected chi connectivity index (χ2v) is 5.39. The van der Waals surface area contributed by atoms with Gasteiger partial charge in [-0.15, -0.1) is 11.3 Å². The lowest BCUT2D eigenvalue weighted by Gasteiger charge is -2.16. The lowest BCUT2D eigenvalue weighted by molar-refractivity contribution is 0.514. The molecule has 4 heteroatoms. The summed E-state index contributed by atoms with van der Waals surface area (Å²) < 4.78 is 2.12. The summed E-state index contributed by atoms with van der Waals surface area (Å²) in [4.78, 5) is 1.41. The van der Waals surface area contributed by atoms with Crippen LogP contribution in [0, 0.1) is 0 Å². The van der Waals surface area contributed by atoms with Gasteiger partial charge in [-0.1, -0.05) is 13.0 Å². The Balaban J connectivity index is 2.23. The van der Waals surface area contributed by atoms with E-state index in [4.69, 9.17) is 0 Å². The minimum absolute atomic E-state index is 0.344. The molecule has 1 N–H and O–H groups in total. The van der Waals surface area contributed by atoms with Gasteiger partial charge in [-0.25, -0.2) is 0 Å². The Bertz CT molecular complexity index is 473. The van der Waals surface area contributed by atoms with Crippen LogP contribution in [0.3, 0.4) is 0 Å². The van der Waals surface area contributed by atoms with Gasteiger partial charge in [0.1, 0.15) is 0 Å². The molecule has 2 aromatic rings. The molecule has 2 rings (SSSR count). The fourth-order valence-corrected chi connectivity index (χ4v) is 2.93. The second-order valence-electron chi connectivity index (χ2n) is 4.35. The van der Waals surface area contributed by atoms with E-state index >= 15 is 0 Å². The van der Waals surface area contributed by atoms with Crippen molar-refractivity contribution < 1.29 is 0 Å². The predicted octanol–water partition coefficient (Wildman–Crippen LogP) is 3.03. The summed E-state index contributed by atoms with van der Waals surface area (Å²) in [7, 11) is 2.02. The molecule has 98 valence electrons. The topological polar surface area (TPSA) is 29.9 Å². The van der Waals surface area contributed by atoms with Crippen molar-refractivity contribution in [2.45, 2.75) is 39.3 Å². The van der Waals surface area contributed by atoms with Crippen LogP contribution in [0.25, 0.3) is 0 Å². The SMILES string of the molecule is CCc1cc(C(Cc2cccs2)NC)n(CC)n1. The first kappa shape index (κ1) is 13.3. The minimum atomic E-state index is 0.344. The van der Waals surface area contributed by atoms with Gasteiger partial charge in [-0.3, -0.25) is 4.68 Å². The summed E-state index contributed by atoms with van der Waals surface area (Å²) in [6.07, 6.45) is 2.03. The highest BCUT2D eigenvalue weighted by Crippen LogP contribution is 2.22. The third-order valence-corrected chi connectivity index (χ3v) is 4.11. The summed E-state index contributed by atoms with van der Waals surface area (Å²) in [6.45, 7) is 5.23. The van der Waals surface area contributed by atoms with Gasteiger partial charge in [-0.2, -0.15) is 5.10 Å². The Morgan fingerprint density at radius 1 is 1.44 bits per heavy atom. The molecule has 0 aromatic carbocycles. The van der Waals surface area contributed by atoms with Gasteiger partial charge >= 0.3 is 0 Å². The van der Waals surface area contributed by atoms with Gasteiger partial charge in [0.2, 0.25) is 0 Å². The quantitative estimate of drug-likeness (QED) is 0.868. The van der Waals surface area contributed by atoms with Crippen LogP contribution in [-0.4, -0.2) is 16.8 Å². The van der Waals surface area contributed by atoms with Crippen molar-refractivity contribution >= 4 is 11.3 Å². The van der Waals surface area contributed by atoms with E-state index in [2.05, 4.69) is 52.5 Å². The molecule has 1 atom stereocenters. The number of aromatic nitrogens is 2. The Hall–Kier alpha value is -1.13. The summed E-state index contributed by atoms with van der Waals surface area (Å²) >= 11 is 1.82. The molecule has 18 heavy (non-hydrogen) atoms. The molecule has 0 spiro atoms. The molecule has 0 bridgehead atoms. The van der Waals surface area contributed by atoms with Crippen molar-refractivity contribution in [3.05, 3.63) is 39.8 Å². The number of hydrogen-bond acceptors (Lipinski definition) is 3. The van der Waals surface area contributed by atoms with E-state index in [1.54, 1.807) is 0 Å². The molecule has 0 saturated heterocycles. The van der Waals surface area contributed by atoms with Crippen LogP contribution in [0.5, 0.6) is 0 Å². The normalized spacial score (nSPS) is 12.8. The van der Waals surface area contributed by atoms with Gasteiger partial charge in [-0.05, 0) is 37.9 Å². The summed E-state index contributed by atoms with van der Waals surface area (Å²) in [5.41, 5.74) is 2.48. The monoisotopic (exact) mass is 263 g/mol. The molecule has 0 fully saturated rings. The van der Waals surface area contributed by atoms with Crippen LogP contribution >= 0.6 is 11.3 Å². The Kier molecular flexibility index (Phi) is 4.55. The highest BCUT2D eigenvalue weighted by molar-refractivity contribution is 7.09.